The number of hydrogen-bond donors (Lipinski definition) is 0. The van der Waals surface area contributed by atoms with Crippen LogP contribution in [0.1, 0.15) is 48.5 Å². The van der Waals surface area contributed by atoms with Gasteiger partial charge < -0.3 is 28.0 Å². The van der Waals surface area contributed by atoms with Gasteiger partial charge in [-0.2, -0.15) is 0 Å². The summed E-state index contributed by atoms with van der Waals surface area (Å²) in [6, 6.07) is 0. The molecule has 2 heterocycles. The van der Waals surface area contributed by atoms with Crippen LogP contribution in [0, 0.1) is 0 Å². The Morgan fingerprint density at radius 3 is 2.08 bits per heavy atom. The lowest BCUT2D eigenvalue weighted by molar-refractivity contribution is -0.186. The van der Waals surface area contributed by atoms with Crippen LogP contribution in [0.25, 0.3) is 0 Å². The number of carbonyl (C=O) groups excluding carboxylic acids is 1. The third-order valence-corrected chi connectivity index (χ3v) is 6.07. The van der Waals surface area contributed by atoms with Crippen LogP contribution in [0.5, 0.6) is 0 Å². The van der Waals surface area contributed by atoms with Crippen molar-refractivity contribution in [2.24, 2.45) is 0 Å². The van der Waals surface area contributed by atoms with E-state index >= 15 is 0 Å². The van der Waals surface area contributed by atoms with Gasteiger partial charge in [-0.25, -0.2) is 0 Å². The molecule has 2 saturated heterocycles. The second kappa shape index (κ2) is 7.62. The molecule has 4 atom stereocenters. The second-order valence-electron chi connectivity index (χ2n) is 7.28. The van der Waals surface area contributed by atoms with Crippen molar-refractivity contribution in [2.45, 2.75) is 90.6 Å². The van der Waals surface area contributed by atoms with Crippen LogP contribution in [-0.4, -0.2) is 54.7 Å². The Balaban J connectivity index is 2.27. The van der Waals surface area contributed by atoms with Crippen LogP contribution < -0.4 is 0 Å². The average Bonchev–Trinajstić information content (AvgIpc) is 2.87. The highest BCUT2D eigenvalue weighted by atomic mass is 31.2. The highest BCUT2D eigenvalue weighted by molar-refractivity contribution is 7.54. The summed E-state index contributed by atoms with van der Waals surface area (Å²) in [6.07, 6.45) is -2.43. The maximum absolute atomic E-state index is 13.5. The maximum Gasteiger partial charge on any atom is 0.362 e. The maximum atomic E-state index is 13.5. The molecule has 0 aromatic rings. The van der Waals surface area contributed by atoms with E-state index in [1.54, 1.807) is 41.5 Å². The molecular formula is C16H29O8P. The van der Waals surface area contributed by atoms with E-state index in [2.05, 4.69) is 0 Å². The van der Waals surface area contributed by atoms with Crippen LogP contribution >= 0.6 is 7.60 Å². The number of esters is 1. The minimum Gasteiger partial charge on any atom is -0.463 e. The third kappa shape index (κ3) is 5.02. The van der Waals surface area contributed by atoms with Crippen molar-refractivity contribution in [1.82, 2.24) is 0 Å². The highest BCUT2D eigenvalue weighted by Crippen LogP contribution is 2.61. The van der Waals surface area contributed by atoms with E-state index in [1.807, 2.05) is 0 Å². The molecule has 2 fully saturated rings. The lowest BCUT2D eigenvalue weighted by atomic mass is 10.1. The summed E-state index contributed by atoms with van der Waals surface area (Å²) >= 11 is 0. The standard InChI is InChI=1S/C16H29O8P/c1-9(2)23-25(18,24-10(3)4)15-14-13(21-16(6,7)22-14)12(20-15)8-19-11(5)17/h9-10,12-15H,8H2,1-7H3. The van der Waals surface area contributed by atoms with Crippen molar-refractivity contribution in [3.8, 4) is 0 Å². The molecular weight excluding hydrogens is 351 g/mol. The van der Waals surface area contributed by atoms with Crippen molar-refractivity contribution in [3.63, 3.8) is 0 Å². The topological polar surface area (TPSA) is 89.5 Å². The molecule has 4 unspecified atom stereocenters. The number of rotatable bonds is 7. The lowest BCUT2D eigenvalue weighted by Crippen LogP contribution is -2.33. The Bertz CT molecular complexity index is 518. The zero-order valence-electron chi connectivity index (χ0n) is 15.9. The summed E-state index contributed by atoms with van der Waals surface area (Å²) in [5, 5.41) is 0. The molecule has 0 saturated carbocycles. The predicted octanol–water partition coefficient (Wildman–Crippen LogP) is 2.84. The van der Waals surface area contributed by atoms with Crippen molar-refractivity contribution in [1.29, 1.82) is 0 Å². The quantitative estimate of drug-likeness (QED) is 0.492. The zero-order valence-corrected chi connectivity index (χ0v) is 16.8. The Hall–Kier alpha value is -0.500. The van der Waals surface area contributed by atoms with E-state index in [4.69, 9.17) is 28.0 Å². The van der Waals surface area contributed by atoms with Gasteiger partial charge >= 0.3 is 13.6 Å². The fraction of sp³-hybridized carbons (Fsp3) is 0.938. The minimum absolute atomic E-state index is 0.0181. The normalized spacial score (nSPS) is 31.6. The Morgan fingerprint density at radius 1 is 1.08 bits per heavy atom. The molecule has 0 spiro atoms. The van der Waals surface area contributed by atoms with E-state index in [9.17, 15) is 9.36 Å². The molecule has 0 N–H and O–H groups in total. The van der Waals surface area contributed by atoms with Crippen LogP contribution in [0.3, 0.4) is 0 Å². The molecule has 146 valence electrons. The van der Waals surface area contributed by atoms with E-state index in [1.165, 1.54) is 6.92 Å². The van der Waals surface area contributed by atoms with Crippen LogP contribution in [0.2, 0.25) is 0 Å². The van der Waals surface area contributed by atoms with E-state index in [0.29, 0.717) is 0 Å². The largest absolute Gasteiger partial charge is 0.463 e. The Morgan fingerprint density at radius 2 is 1.60 bits per heavy atom. The molecule has 0 aromatic heterocycles. The Labute approximate surface area is 149 Å². The number of hydrogen-bond acceptors (Lipinski definition) is 8. The van der Waals surface area contributed by atoms with Crippen molar-refractivity contribution in [2.75, 3.05) is 6.61 Å². The van der Waals surface area contributed by atoms with Gasteiger partial charge in [0.1, 0.15) is 24.9 Å². The second-order valence-corrected chi connectivity index (χ2v) is 9.29. The van der Waals surface area contributed by atoms with Crippen molar-refractivity contribution in [3.05, 3.63) is 0 Å². The predicted molar refractivity (Wildman–Crippen MR) is 89.2 cm³/mol. The van der Waals surface area contributed by atoms with Gasteiger partial charge in [0.25, 0.3) is 0 Å². The lowest BCUT2D eigenvalue weighted by Gasteiger charge is -2.30. The summed E-state index contributed by atoms with van der Waals surface area (Å²) < 4.78 is 47.5. The van der Waals surface area contributed by atoms with E-state index < -0.39 is 43.5 Å². The summed E-state index contributed by atoms with van der Waals surface area (Å²) in [6.45, 7) is 11.9. The van der Waals surface area contributed by atoms with Gasteiger partial charge in [0.05, 0.1) is 12.2 Å². The molecule has 0 amide bonds. The highest BCUT2D eigenvalue weighted by Gasteiger charge is 2.62. The molecule has 2 rings (SSSR count). The van der Waals surface area contributed by atoms with Crippen LogP contribution in [-0.2, 0) is 37.4 Å². The Kier molecular flexibility index (Phi) is 6.35. The van der Waals surface area contributed by atoms with Gasteiger partial charge in [0, 0.05) is 6.92 Å². The van der Waals surface area contributed by atoms with Gasteiger partial charge in [0.15, 0.2) is 11.6 Å². The van der Waals surface area contributed by atoms with Gasteiger partial charge in [-0.05, 0) is 41.5 Å². The van der Waals surface area contributed by atoms with E-state index in [0.717, 1.165) is 0 Å². The minimum atomic E-state index is -3.66. The van der Waals surface area contributed by atoms with Gasteiger partial charge in [-0.15, -0.1) is 0 Å². The first kappa shape index (κ1) is 20.8. The summed E-state index contributed by atoms with van der Waals surface area (Å²) in [4.78, 5) is 11.1. The molecule has 0 radical (unpaired) electrons. The summed E-state index contributed by atoms with van der Waals surface area (Å²) in [5.41, 5.74) is 0. The monoisotopic (exact) mass is 380 g/mol. The first-order valence-electron chi connectivity index (χ1n) is 8.54. The SMILES string of the molecule is CC(=O)OCC1OC(P(=O)(OC(C)C)OC(C)C)C2OC(C)(C)OC12. The molecule has 9 heteroatoms. The summed E-state index contributed by atoms with van der Waals surface area (Å²) in [7, 11) is -3.66. The first-order chi connectivity index (χ1) is 11.4. The van der Waals surface area contributed by atoms with Crippen molar-refractivity contribution < 1.29 is 37.4 Å². The zero-order chi connectivity index (χ0) is 19.0. The van der Waals surface area contributed by atoms with E-state index in [-0.39, 0.29) is 18.8 Å². The molecule has 2 aliphatic rings. The van der Waals surface area contributed by atoms with Gasteiger partial charge in [0.2, 0.25) is 0 Å². The molecule has 25 heavy (non-hydrogen) atoms. The smallest absolute Gasteiger partial charge is 0.362 e. The number of ether oxygens (including phenoxy) is 4. The van der Waals surface area contributed by atoms with Gasteiger partial charge in [-0.1, -0.05) is 0 Å². The molecule has 0 aliphatic carbocycles. The molecule has 2 aliphatic heterocycles. The van der Waals surface area contributed by atoms with Crippen molar-refractivity contribution >= 4 is 13.6 Å². The first-order valence-corrected chi connectivity index (χ1v) is 10.2. The average molecular weight is 380 g/mol. The molecule has 8 nitrogen and oxygen atoms in total. The van der Waals surface area contributed by atoms with Gasteiger partial charge in [-0.3, -0.25) is 9.36 Å². The third-order valence-electron chi connectivity index (χ3n) is 3.60. The fourth-order valence-electron chi connectivity index (χ4n) is 2.98. The van der Waals surface area contributed by atoms with Crippen LogP contribution in [0.15, 0.2) is 0 Å². The van der Waals surface area contributed by atoms with Crippen LogP contribution in [0.4, 0.5) is 0 Å². The molecule has 0 aromatic carbocycles. The fourth-order valence-corrected chi connectivity index (χ4v) is 5.34. The summed E-state index contributed by atoms with van der Waals surface area (Å²) in [5.74, 6) is -2.25. The number of carbonyl (C=O) groups is 1. The number of fused-ring (bicyclic) bond motifs is 1. The molecule has 0 bridgehead atoms.